The SMILES string of the molecule is Cc1ccc(S(=O)(=O)Nc2ccc(C(=O)N(C)Cc3ccc(Cl)s3)cc2)cc1C. The van der Waals surface area contributed by atoms with Crippen molar-refractivity contribution in [2.24, 2.45) is 0 Å². The molecule has 0 saturated heterocycles. The second-order valence-corrected chi connectivity index (χ2v) is 10.3. The number of nitrogens with one attached hydrogen (secondary N) is 1. The Hall–Kier alpha value is -2.35. The predicted octanol–water partition coefficient (Wildman–Crippen LogP) is 5.09. The summed E-state index contributed by atoms with van der Waals surface area (Å²) < 4.78 is 28.4. The van der Waals surface area contributed by atoms with E-state index in [1.807, 2.05) is 19.9 Å². The minimum Gasteiger partial charge on any atom is -0.337 e. The molecule has 0 aliphatic heterocycles. The highest BCUT2D eigenvalue weighted by Gasteiger charge is 2.16. The fourth-order valence-electron chi connectivity index (χ4n) is 2.74. The molecular formula is C21H21ClN2O3S2. The van der Waals surface area contributed by atoms with Crippen molar-refractivity contribution in [3.63, 3.8) is 0 Å². The molecule has 0 bridgehead atoms. The summed E-state index contributed by atoms with van der Waals surface area (Å²) in [6.45, 7) is 4.26. The largest absolute Gasteiger partial charge is 0.337 e. The van der Waals surface area contributed by atoms with Crippen LogP contribution in [0.15, 0.2) is 59.5 Å². The van der Waals surface area contributed by atoms with Crippen LogP contribution in [0.5, 0.6) is 0 Å². The molecule has 0 fully saturated rings. The van der Waals surface area contributed by atoms with E-state index in [1.165, 1.54) is 11.3 Å². The first-order valence-electron chi connectivity index (χ1n) is 8.85. The van der Waals surface area contributed by atoms with Crippen molar-refractivity contribution in [2.45, 2.75) is 25.3 Å². The van der Waals surface area contributed by atoms with Crippen LogP contribution in [0.4, 0.5) is 5.69 Å². The quantitative estimate of drug-likeness (QED) is 0.571. The molecule has 5 nitrogen and oxygen atoms in total. The fraction of sp³-hybridized carbons (Fsp3) is 0.190. The van der Waals surface area contributed by atoms with Crippen LogP contribution >= 0.6 is 22.9 Å². The molecule has 0 unspecified atom stereocenters. The van der Waals surface area contributed by atoms with Crippen molar-refractivity contribution >= 4 is 44.6 Å². The van der Waals surface area contributed by atoms with E-state index in [2.05, 4.69) is 4.72 Å². The van der Waals surface area contributed by atoms with E-state index in [4.69, 9.17) is 11.6 Å². The maximum absolute atomic E-state index is 12.6. The van der Waals surface area contributed by atoms with Gasteiger partial charge >= 0.3 is 0 Å². The zero-order valence-electron chi connectivity index (χ0n) is 16.3. The number of hydrogen-bond acceptors (Lipinski definition) is 4. The van der Waals surface area contributed by atoms with E-state index in [0.717, 1.165) is 16.0 Å². The maximum atomic E-state index is 12.6. The molecule has 0 radical (unpaired) electrons. The molecule has 0 spiro atoms. The Morgan fingerprint density at radius 2 is 1.72 bits per heavy atom. The number of nitrogens with zero attached hydrogens (tertiary/aromatic N) is 1. The number of hydrogen-bond donors (Lipinski definition) is 1. The number of aryl methyl sites for hydroxylation is 2. The summed E-state index contributed by atoms with van der Waals surface area (Å²) in [4.78, 5) is 15.4. The first-order chi connectivity index (χ1) is 13.7. The van der Waals surface area contributed by atoms with Crippen molar-refractivity contribution in [3.05, 3.63) is 80.5 Å². The Morgan fingerprint density at radius 3 is 2.31 bits per heavy atom. The number of anilines is 1. The van der Waals surface area contributed by atoms with E-state index in [1.54, 1.807) is 60.5 Å². The average molecular weight is 449 g/mol. The van der Waals surface area contributed by atoms with Crippen molar-refractivity contribution < 1.29 is 13.2 Å². The molecule has 3 aromatic rings. The molecule has 1 aromatic heterocycles. The van der Waals surface area contributed by atoms with E-state index in [-0.39, 0.29) is 10.8 Å². The zero-order valence-corrected chi connectivity index (χ0v) is 18.7. The molecule has 0 aliphatic rings. The Morgan fingerprint density at radius 1 is 1.03 bits per heavy atom. The van der Waals surface area contributed by atoms with Crippen molar-refractivity contribution in [1.29, 1.82) is 0 Å². The number of halogens is 1. The molecule has 29 heavy (non-hydrogen) atoms. The van der Waals surface area contributed by atoms with Crippen LogP contribution in [0.2, 0.25) is 4.34 Å². The summed E-state index contributed by atoms with van der Waals surface area (Å²) in [6, 6.07) is 15.1. The summed E-state index contributed by atoms with van der Waals surface area (Å²) in [6.07, 6.45) is 0. The first kappa shape index (κ1) is 21.4. The number of carbonyl (C=O) groups excluding carboxylic acids is 1. The fourth-order valence-corrected chi connectivity index (χ4v) is 5.02. The number of sulfonamides is 1. The van der Waals surface area contributed by atoms with Crippen molar-refractivity contribution in [2.75, 3.05) is 11.8 Å². The van der Waals surface area contributed by atoms with Gasteiger partial charge in [0.2, 0.25) is 0 Å². The third-order valence-electron chi connectivity index (χ3n) is 4.54. The van der Waals surface area contributed by atoms with Gasteiger partial charge in [0.1, 0.15) is 0 Å². The van der Waals surface area contributed by atoms with Crippen molar-refractivity contribution in [3.8, 4) is 0 Å². The molecule has 1 N–H and O–H groups in total. The van der Waals surface area contributed by atoms with Gasteiger partial charge in [0.15, 0.2) is 0 Å². The Kier molecular flexibility index (Phi) is 6.31. The van der Waals surface area contributed by atoms with Crippen LogP contribution in [0, 0.1) is 13.8 Å². The zero-order chi connectivity index (χ0) is 21.2. The second-order valence-electron chi connectivity index (χ2n) is 6.80. The number of amides is 1. The lowest BCUT2D eigenvalue weighted by atomic mass is 10.1. The summed E-state index contributed by atoms with van der Waals surface area (Å²) in [5, 5.41) is 0. The highest BCUT2D eigenvalue weighted by Crippen LogP contribution is 2.23. The van der Waals surface area contributed by atoms with Gasteiger partial charge in [-0.2, -0.15) is 0 Å². The molecule has 3 rings (SSSR count). The lowest BCUT2D eigenvalue weighted by Crippen LogP contribution is -2.25. The molecule has 152 valence electrons. The van der Waals surface area contributed by atoms with Gasteiger partial charge in [-0.25, -0.2) is 8.42 Å². The van der Waals surface area contributed by atoms with Gasteiger partial charge in [0.25, 0.3) is 15.9 Å². The molecule has 2 aromatic carbocycles. The van der Waals surface area contributed by atoms with Crippen LogP contribution in [0.25, 0.3) is 0 Å². The van der Waals surface area contributed by atoms with Crippen LogP contribution in [0.3, 0.4) is 0 Å². The molecule has 0 aliphatic carbocycles. The molecule has 1 heterocycles. The van der Waals surface area contributed by atoms with E-state index in [9.17, 15) is 13.2 Å². The van der Waals surface area contributed by atoms with Crippen molar-refractivity contribution in [1.82, 2.24) is 4.90 Å². The summed E-state index contributed by atoms with van der Waals surface area (Å²) >= 11 is 7.36. The Bertz CT molecular complexity index is 1140. The highest BCUT2D eigenvalue weighted by atomic mass is 35.5. The topological polar surface area (TPSA) is 66.5 Å². The minimum atomic E-state index is -3.70. The monoisotopic (exact) mass is 448 g/mol. The van der Waals surface area contributed by atoms with Gasteiger partial charge in [-0.1, -0.05) is 17.7 Å². The second kappa shape index (κ2) is 8.57. The van der Waals surface area contributed by atoms with E-state index < -0.39 is 10.0 Å². The summed E-state index contributed by atoms with van der Waals surface area (Å²) in [5.41, 5.74) is 2.81. The highest BCUT2D eigenvalue weighted by molar-refractivity contribution is 7.92. The number of carbonyl (C=O) groups is 1. The number of rotatable bonds is 6. The maximum Gasteiger partial charge on any atom is 0.261 e. The molecular weight excluding hydrogens is 428 g/mol. The third kappa shape index (κ3) is 5.18. The summed E-state index contributed by atoms with van der Waals surface area (Å²) in [5.74, 6) is -0.155. The van der Waals surface area contributed by atoms with Gasteiger partial charge in [-0.05, 0) is 73.5 Å². The third-order valence-corrected chi connectivity index (χ3v) is 7.14. The number of thiophene rings is 1. The van der Waals surface area contributed by atoms with Gasteiger partial charge in [-0.15, -0.1) is 11.3 Å². The van der Waals surface area contributed by atoms with Crippen LogP contribution in [-0.4, -0.2) is 26.3 Å². The summed E-state index contributed by atoms with van der Waals surface area (Å²) in [7, 11) is -1.98. The average Bonchev–Trinajstić information content (AvgIpc) is 3.08. The van der Waals surface area contributed by atoms with Gasteiger partial charge in [-0.3, -0.25) is 9.52 Å². The van der Waals surface area contributed by atoms with E-state index >= 15 is 0 Å². The Labute approximate surface area is 180 Å². The smallest absolute Gasteiger partial charge is 0.261 e. The number of benzene rings is 2. The predicted molar refractivity (Wildman–Crippen MR) is 118 cm³/mol. The molecule has 1 amide bonds. The van der Waals surface area contributed by atoms with Crippen LogP contribution in [-0.2, 0) is 16.6 Å². The van der Waals surface area contributed by atoms with Crippen LogP contribution in [0.1, 0.15) is 26.4 Å². The van der Waals surface area contributed by atoms with Gasteiger partial charge < -0.3 is 4.90 Å². The lowest BCUT2D eigenvalue weighted by Gasteiger charge is -2.16. The lowest BCUT2D eigenvalue weighted by molar-refractivity contribution is 0.0786. The Balaban J connectivity index is 1.70. The molecule has 8 heteroatoms. The van der Waals surface area contributed by atoms with Gasteiger partial charge in [0.05, 0.1) is 15.8 Å². The normalized spacial score (nSPS) is 11.3. The standard InChI is InChI=1S/C21H21ClN2O3S2/c1-14-4-10-19(12-15(14)2)29(26,27)23-17-7-5-16(6-8-17)21(25)24(3)13-18-9-11-20(22)28-18/h4-12,23H,13H2,1-3H3. The van der Waals surface area contributed by atoms with Crippen LogP contribution < -0.4 is 4.72 Å². The first-order valence-corrected chi connectivity index (χ1v) is 11.5. The van der Waals surface area contributed by atoms with Gasteiger partial charge in [0, 0.05) is 23.2 Å². The molecule has 0 saturated carbocycles. The minimum absolute atomic E-state index is 0.155. The van der Waals surface area contributed by atoms with E-state index in [0.29, 0.717) is 22.1 Å². The molecule has 0 atom stereocenters.